The molecule has 0 aromatic carbocycles. The maximum Gasteiger partial charge on any atom is 0.253 e. The van der Waals surface area contributed by atoms with Gasteiger partial charge in [-0.2, -0.15) is 9.57 Å². The van der Waals surface area contributed by atoms with Crippen LogP contribution in [0.15, 0.2) is 20.1 Å². The van der Waals surface area contributed by atoms with Gasteiger partial charge >= 0.3 is 0 Å². The van der Waals surface area contributed by atoms with Gasteiger partial charge in [-0.15, -0.1) is 11.3 Å². The van der Waals surface area contributed by atoms with Crippen LogP contribution in [0.25, 0.3) is 0 Å². The van der Waals surface area contributed by atoms with Gasteiger partial charge in [-0.25, -0.2) is 8.42 Å². The summed E-state index contributed by atoms with van der Waals surface area (Å²) in [5.74, 6) is 0. The molecule has 98 valence electrons. The minimum absolute atomic E-state index is 0.0180. The van der Waals surface area contributed by atoms with Crippen LogP contribution in [0.4, 0.5) is 0 Å². The number of hydrogen-bond acceptors (Lipinski definition) is 4. The van der Waals surface area contributed by atoms with Crippen molar-refractivity contribution in [1.29, 1.82) is 5.26 Å². The second-order valence-electron chi connectivity index (χ2n) is 4.21. The summed E-state index contributed by atoms with van der Waals surface area (Å²) in [5, 5.41) is 8.85. The van der Waals surface area contributed by atoms with Crippen molar-refractivity contribution in [2.75, 3.05) is 6.54 Å². The van der Waals surface area contributed by atoms with Gasteiger partial charge < -0.3 is 0 Å². The normalized spacial score (nSPS) is 17.2. The molecule has 0 unspecified atom stereocenters. The third-order valence-corrected chi connectivity index (χ3v) is 7.06. The molecule has 0 radical (unpaired) electrons. The van der Waals surface area contributed by atoms with Crippen LogP contribution >= 0.6 is 27.3 Å². The van der Waals surface area contributed by atoms with Gasteiger partial charge in [0.15, 0.2) is 0 Å². The van der Waals surface area contributed by atoms with E-state index in [1.807, 2.05) is 6.07 Å². The van der Waals surface area contributed by atoms with Crippen molar-refractivity contribution in [2.24, 2.45) is 0 Å². The summed E-state index contributed by atoms with van der Waals surface area (Å²) in [6, 6.07) is 5.25. The molecule has 1 saturated carbocycles. The van der Waals surface area contributed by atoms with Crippen molar-refractivity contribution in [3.63, 3.8) is 0 Å². The summed E-state index contributed by atoms with van der Waals surface area (Å²) in [4.78, 5) is 0. The van der Waals surface area contributed by atoms with E-state index < -0.39 is 10.0 Å². The molecule has 7 heteroatoms. The average molecular weight is 349 g/mol. The summed E-state index contributed by atoms with van der Waals surface area (Å²) in [6.45, 7) is -0.0669. The first-order chi connectivity index (χ1) is 8.55. The van der Waals surface area contributed by atoms with Gasteiger partial charge in [-0.1, -0.05) is 12.8 Å². The number of halogens is 1. The first-order valence-corrected chi connectivity index (χ1v) is 8.75. The number of rotatable bonds is 4. The van der Waals surface area contributed by atoms with E-state index in [4.69, 9.17) is 5.26 Å². The van der Waals surface area contributed by atoms with E-state index >= 15 is 0 Å². The SMILES string of the molecule is N#CCN(C1CCCC1)S(=O)(=O)c1ccc(Br)s1. The van der Waals surface area contributed by atoms with E-state index in [2.05, 4.69) is 15.9 Å². The third kappa shape index (κ3) is 2.77. The summed E-state index contributed by atoms with van der Waals surface area (Å²) < 4.78 is 27.4. The lowest BCUT2D eigenvalue weighted by Crippen LogP contribution is -2.38. The maximum absolute atomic E-state index is 12.5. The molecule has 0 atom stereocenters. The van der Waals surface area contributed by atoms with Gasteiger partial charge in [-0.05, 0) is 40.9 Å². The van der Waals surface area contributed by atoms with Crippen LogP contribution in [0.5, 0.6) is 0 Å². The van der Waals surface area contributed by atoms with E-state index in [0.29, 0.717) is 4.21 Å². The van der Waals surface area contributed by atoms with Crippen molar-refractivity contribution >= 4 is 37.3 Å². The zero-order valence-electron chi connectivity index (χ0n) is 9.67. The van der Waals surface area contributed by atoms with Crippen molar-refractivity contribution < 1.29 is 8.42 Å². The van der Waals surface area contributed by atoms with E-state index in [9.17, 15) is 8.42 Å². The Kier molecular flexibility index (Phi) is 4.43. The van der Waals surface area contributed by atoms with Crippen LogP contribution in [0.2, 0.25) is 0 Å². The molecule has 2 rings (SSSR count). The predicted molar refractivity (Wildman–Crippen MR) is 73.8 cm³/mol. The Morgan fingerprint density at radius 1 is 1.44 bits per heavy atom. The molecule has 0 spiro atoms. The smallest absolute Gasteiger partial charge is 0.206 e. The Morgan fingerprint density at radius 2 is 2.11 bits per heavy atom. The molecule has 4 nitrogen and oxygen atoms in total. The predicted octanol–water partition coefficient (Wildman–Crippen LogP) is 2.97. The standard InChI is InChI=1S/C11H13BrN2O2S2/c12-10-5-6-11(17-10)18(15,16)14(8-7-13)9-3-1-2-4-9/h5-6,9H,1-4,8H2. The fourth-order valence-electron chi connectivity index (χ4n) is 2.22. The summed E-state index contributed by atoms with van der Waals surface area (Å²) in [5.41, 5.74) is 0. The Balaban J connectivity index is 2.32. The Labute approximate surface area is 119 Å². The monoisotopic (exact) mass is 348 g/mol. The molecular weight excluding hydrogens is 336 g/mol. The quantitative estimate of drug-likeness (QED) is 0.785. The summed E-state index contributed by atoms with van der Waals surface area (Å²) >= 11 is 4.45. The van der Waals surface area contributed by atoms with Crippen LogP contribution in [-0.4, -0.2) is 25.3 Å². The van der Waals surface area contributed by atoms with E-state index in [1.54, 1.807) is 12.1 Å². The average Bonchev–Trinajstić information content (AvgIpc) is 2.96. The lowest BCUT2D eigenvalue weighted by molar-refractivity contribution is 0.351. The van der Waals surface area contributed by atoms with Gasteiger partial charge in [0, 0.05) is 6.04 Å². The molecular formula is C11H13BrN2O2S2. The number of thiophene rings is 1. The molecule has 1 aromatic rings. The lowest BCUT2D eigenvalue weighted by atomic mass is 10.2. The molecule has 0 bridgehead atoms. The van der Waals surface area contributed by atoms with E-state index in [0.717, 1.165) is 29.5 Å². The zero-order valence-corrected chi connectivity index (χ0v) is 12.9. The second kappa shape index (κ2) is 5.70. The first-order valence-electron chi connectivity index (χ1n) is 5.70. The third-order valence-electron chi connectivity index (χ3n) is 3.07. The number of hydrogen-bond donors (Lipinski definition) is 0. The molecule has 1 aliphatic rings. The van der Waals surface area contributed by atoms with Gasteiger partial charge in [-0.3, -0.25) is 0 Å². The van der Waals surface area contributed by atoms with Gasteiger partial charge in [0.2, 0.25) is 0 Å². The molecule has 1 fully saturated rings. The van der Waals surface area contributed by atoms with E-state index in [1.165, 1.54) is 15.6 Å². The minimum Gasteiger partial charge on any atom is -0.206 e. The van der Waals surface area contributed by atoms with Crippen LogP contribution in [-0.2, 0) is 10.0 Å². The van der Waals surface area contributed by atoms with E-state index in [-0.39, 0.29) is 12.6 Å². The molecule has 1 aromatic heterocycles. The van der Waals surface area contributed by atoms with Gasteiger partial charge in [0.1, 0.15) is 10.8 Å². The van der Waals surface area contributed by atoms with Gasteiger partial charge in [0.25, 0.3) is 10.0 Å². The van der Waals surface area contributed by atoms with Crippen molar-refractivity contribution in [3.8, 4) is 6.07 Å². The Hall–Kier alpha value is -0.420. The molecule has 0 saturated heterocycles. The summed E-state index contributed by atoms with van der Waals surface area (Å²) in [6.07, 6.45) is 3.79. The van der Waals surface area contributed by atoms with Crippen LogP contribution in [0.3, 0.4) is 0 Å². The largest absolute Gasteiger partial charge is 0.253 e. The Morgan fingerprint density at radius 3 is 2.61 bits per heavy atom. The maximum atomic E-state index is 12.5. The highest BCUT2D eigenvalue weighted by molar-refractivity contribution is 9.11. The zero-order chi connectivity index (χ0) is 13.2. The summed E-state index contributed by atoms with van der Waals surface area (Å²) in [7, 11) is -3.53. The molecule has 0 amide bonds. The van der Waals surface area contributed by atoms with Crippen molar-refractivity contribution in [3.05, 3.63) is 15.9 Å². The highest BCUT2D eigenvalue weighted by Gasteiger charge is 2.33. The fourth-order valence-corrected chi connectivity index (χ4v) is 5.95. The topological polar surface area (TPSA) is 61.2 Å². The molecule has 1 heterocycles. The number of sulfonamides is 1. The molecule has 1 aliphatic carbocycles. The van der Waals surface area contributed by atoms with Crippen LogP contribution < -0.4 is 0 Å². The highest BCUT2D eigenvalue weighted by atomic mass is 79.9. The molecule has 0 N–H and O–H groups in total. The molecule has 18 heavy (non-hydrogen) atoms. The van der Waals surface area contributed by atoms with Gasteiger partial charge in [0.05, 0.1) is 9.86 Å². The fraction of sp³-hybridized carbons (Fsp3) is 0.545. The van der Waals surface area contributed by atoms with Crippen LogP contribution in [0.1, 0.15) is 25.7 Å². The Bertz CT molecular complexity index is 556. The minimum atomic E-state index is -3.53. The number of nitriles is 1. The second-order valence-corrected chi connectivity index (χ2v) is 8.79. The van der Waals surface area contributed by atoms with Crippen molar-refractivity contribution in [2.45, 2.75) is 35.9 Å². The number of nitrogens with zero attached hydrogens (tertiary/aromatic N) is 2. The first kappa shape index (κ1) is 14.0. The lowest BCUT2D eigenvalue weighted by Gasteiger charge is -2.24. The van der Waals surface area contributed by atoms with Crippen molar-refractivity contribution in [1.82, 2.24) is 4.31 Å². The molecule has 0 aliphatic heterocycles. The highest BCUT2D eigenvalue weighted by Crippen LogP contribution is 2.32. The van der Waals surface area contributed by atoms with Crippen LogP contribution in [0, 0.1) is 11.3 Å².